The summed E-state index contributed by atoms with van der Waals surface area (Å²) < 4.78 is 33.6. The molecule has 1 aliphatic heterocycles. The van der Waals surface area contributed by atoms with Gasteiger partial charge in [0.05, 0.1) is 21.2 Å². The van der Waals surface area contributed by atoms with E-state index >= 15 is 0 Å². The first kappa shape index (κ1) is 22.0. The third-order valence-corrected chi connectivity index (χ3v) is 8.67. The minimum atomic E-state index is -3.65. The predicted octanol–water partition coefficient (Wildman–Crippen LogP) is 4.50. The highest BCUT2D eigenvalue weighted by molar-refractivity contribution is 7.89. The van der Waals surface area contributed by atoms with Crippen LogP contribution in [0, 0.1) is 0 Å². The number of hydrogen-bond acceptors (Lipinski definition) is 6. The van der Waals surface area contributed by atoms with Gasteiger partial charge in [-0.1, -0.05) is 41.7 Å². The third-order valence-electron chi connectivity index (χ3n) is 5.81. The second kappa shape index (κ2) is 8.83. The molecule has 1 amide bonds. The van der Waals surface area contributed by atoms with Gasteiger partial charge in [-0.3, -0.25) is 10.1 Å². The van der Waals surface area contributed by atoms with Crippen LogP contribution in [0.15, 0.2) is 65.6 Å². The lowest BCUT2D eigenvalue weighted by atomic mass is 10.1. The molecule has 9 heteroatoms. The van der Waals surface area contributed by atoms with E-state index in [4.69, 9.17) is 4.74 Å². The van der Waals surface area contributed by atoms with E-state index in [0.717, 1.165) is 33.8 Å². The van der Waals surface area contributed by atoms with Crippen molar-refractivity contribution >= 4 is 53.4 Å². The molecule has 7 nitrogen and oxygen atoms in total. The van der Waals surface area contributed by atoms with E-state index in [1.165, 1.54) is 39.9 Å². The lowest BCUT2D eigenvalue weighted by Crippen LogP contribution is -2.34. The summed E-state index contributed by atoms with van der Waals surface area (Å²) in [6.07, 6.45) is 1.74. The molecule has 0 saturated carbocycles. The van der Waals surface area contributed by atoms with Crippen LogP contribution < -0.4 is 5.32 Å². The summed E-state index contributed by atoms with van der Waals surface area (Å²) in [4.78, 5) is 17.4. The maximum Gasteiger partial charge on any atom is 0.257 e. The molecule has 1 fully saturated rings. The van der Waals surface area contributed by atoms with Crippen molar-refractivity contribution < 1.29 is 17.9 Å². The normalized spacial score (nSPS) is 16.6. The zero-order valence-corrected chi connectivity index (χ0v) is 19.7. The van der Waals surface area contributed by atoms with Crippen LogP contribution in [-0.4, -0.2) is 49.9 Å². The molecule has 2 heterocycles. The number of ether oxygens (including phenoxy) is 1. The van der Waals surface area contributed by atoms with Crippen LogP contribution in [0.5, 0.6) is 0 Å². The summed E-state index contributed by atoms with van der Waals surface area (Å²) >= 11 is 1.42. The van der Waals surface area contributed by atoms with Crippen LogP contribution in [0.2, 0.25) is 0 Å². The fourth-order valence-electron chi connectivity index (χ4n) is 4.01. The second-order valence-corrected chi connectivity index (χ2v) is 11.1. The first-order chi connectivity index (χ1) is 15.9. The van der Waals surface area contributed by atoms with Gasteiger partial charge in [-0.15, -0.1) is 0 Å². The molecule has 0 spiro atoms. The number of likely N-dealkylation sites (N-methyl/N-ethyl adjacent to an activating group) is 1. The molecule has 1 N–H and O–H groups in total. The highest BCUT2D eigenvalue weighted by atomic mass is 32.2. The summed E-state index contributed by atoms with van der Waals surface area (Å²) in [5, 5.41) is 5.54. The van der Waals surface area contributed by atoms with Crippen molar-refractivity contribution in [1.29, 1.82) is 0 Å². The van der Waals surface area contributed by atoms with Crippen LogP contribution >= 0.6 is 11.3 Å². The van der Waals surface area contributed by atoms with E-state index in [-0.39, 0.29) is 16.9 Å². The highest BCUT2D eigenvalue weighted by Gasteiger charge is 2.26. The van der Waals surface area contributed by atoms with Crippen molar-refractivity contribution in [3.63, 3.8) is 0 Å². The Labute approximate surface area is 196 Å². The lowest BCUT2D eigenvalue weighted by molar-refractivity contribution is 0.0979. The fraction of sp³-hybridized carbons (Fsp3) is 0.250. The Kier molecular flexibility index (Phi) is 5.88. The molecule has 0 radical (unpaired) electrons. The number of thiazole rings is 1. The molecular formula is C24H23N3O4S2. The Balaban J connectivity index is 1.32. The number of carbonyl (C=O) groups is 1. The summed E-state index contributed by atoms with van der Waals surface area (Å²) in [5.41, 5.74) is 1.18. The molecule has 1 saturated heterocycles. The number of nitrogens with one attached hydrogen (secondary N) is 1. The Morgan fingerprint density at radius 1 is 1.15 bits per heavy atom. The number of anilines is 1. The zero-order valence-electron chi connectivity index (χ0n) is 18.0. The van der Waals surface area contributed by atoms with Crippen molar-refractivity contribution in [3.8, 4) is 0 Å². The molecule has 0 aliphatic carbocycles. The number of sulfonamides is 1. The molecular weight excluding hydrogens is 458 g/mol. The standard InChI is InChI=1S/C24H23N3O4S2/c1-27(15-18-6-4-14-31-18)33(29,30)19-11-8-17(9-12-19)23(28)26-24-25-21-13-10-16-5-2-3-7-20(16)22(21)32-24/h2-3,5,7-13,18H,4,6,14-15H2,1H3,(H,25,26,28). The molecule has 1 aromatic heterocycles. The van der Waals surface area contributed by atoms with E-state index in [9.17, 15) is 13.2 Å². The minimum absolute atomic E-state index is 0.0687. The molecule has 1 unspecified atom stereocenters. The van der Waals surface area contributed by atoms with Gasteiger partial charge in [0.2, 0.25) is 10.0 Å². The molecule has 33 heavy (non-hydrogen) atoms. The molecule has 0 bridgehead atoms. The van der Waals surface area contributed by atoms with E-state index < -0.39 is 10.0 Å². The smallest absolute Gasteiger partial charge is 0.257 e. The molecule has 1 aliphatic rings. The van der Waals surface area contributed by atoms with Crippen molar-refractivity contribution in [2.45, 2.75) is 23.8 Å². The van der Waals surface area contributed by atoms with Gasteiger partial charge in [-0.2, -0.15) is 4.31 Å². The fourth-order valence-corrected chi connectivity index (χ4v) is 6.21. The predicted molar refractivity (Wildman–Crippen MR) is 130 cm³/mol. The minimum Gasteiger partial charge on any atom is -0.377 e. The summed E-state index contributed by atoms with van der Waals surface area (Å²) in [7, 11) is -2.10. The Morgan fingerprint density at radius 2 is 1.94 bits per heavy atom. The van der Waals surface area contributed by atoms with Gasteiger partial charge in [-0.05, 0) is 48.6 Å². The monoisotopic (exact) mass is 481 g/mol. The topological polar surface area (TPSA) is 88.6 Å². The SMILES string of the molecule is CN(CC1CCCO1)S(=O)(=O)c1ccc(C(=O)Nc2nc3ccc4ccccc4c3s2)cc1. The summed E-state index contributed by atoms with van der Waals surface area (Å²) in [6.45, 7) is 0.990. The number of fused-ring (bicyclic) bond motifs is 3. The number of nitrogens with zero attached hydrogens (tertiary/aromatic N) is 2. The van der Waals surface area contributed by atoms with Gasteiger partial charge in [0.15, 0.2) is 5.13 Å². The van der Waals surface area contributed by atoms with Crippen LogP contribution in [-0.2, 0) is 14.8 Å². The number of amides is 1. The zero-order chi connectivity index (χ0) is 23.0. The average Bonchev–Trinajstić information content (AvgIpc) is 3.48. The van der Waals surface area contributed by atoms with Gasteiger partial charge in [0, 0.05) is 31.1 Å². The quantitative estimate of drug-likeness (QED) is 0.438. The van der Waals surface area contributed by atoms with E-state index in [0.29, 0.717) is 23.8 Å². The van der Waals surface area contributed by atoms with Crippen molar-refractivity contribution in [2.24, 2.45) is 0 Å². The van der Waals surface area contributed by atoms with Crippen LogP contribution in [0.4, 0.5) is 5.13 Å². The van der Waals surface area contributed by atoms with Crippen LogP contribution in [0.1, 0.15) is 23.2 Å². The van der Waals surface area contributed by atoms with Gasteiger partial charge < -0.3 is 4.74 Å². The number of hydrogen-bond donors (Lipinski definition) is 1. The number of aromatic nitrogens is 1. The Hall–Kier alpha value is -2.85. The molecule has 4 aromatic rings. The molecule has 170 valence electrons. The average molecular weight is 482 g/mol. The molecule has 3 aromatic carbocycles. The van der Waals surface area contributed by atoms with Gasteiger partial charge in [0.25, 0.3) is 5.91 Å². The second-order valence-electron chi connectivity index (χ2n) is 8.05. The van der Waals surface area contributed by atoms with E-state index in [1.807, 2.05) is 36.4 Å². The van der Waals surface area contributed by atoms with E-state index in [2.05, 4.69) is 10.3 Å². The maximum atomic E-state index is 12.9. The third kappa shape index (κ3) is 4.37. The largest absolute Gasteiger partial charge is 0.377 e. The Bertz CT molecular complexity index is 1430. The first-order valence-electron chi connectivity index (χ1n) is 10.7. The van der Waals surface area contributed by atoms with Crippen LogP contribution in [0.3, 0.4) is 0 Å². The summed E-state index contributed by atoms with van der Waals surface area (Å²) in [6, 6.07) is 18.0. The Morgan fingerprint density at radius 3 is 2.70 bits per heavy atom. The first-order valence-corrected chi connectivity index (χ1v) is 12.9. The summed E-state index contributed by atoms with van der Waals surface area (Å²) in [5.74, 6) is -0.338. The van der Waals surface area contributed by atoms with Crippen molar-refractivity contribution in [1.82, 2.24) is 9.29 Å². The number of benzene rings is 3. The van der Waals surface area contributed by atoms with Gasteiger partial charge >= 0.3 is 0 Å². The number of carbonyl (C=O) groups excluding carboxylic acids is 1. The lowest BCUT2D eigenvalue weighted by Gasteiger charge is -2.20. The van der Waals surface area contributed by atoms with E-state index in [1.54, 1.807) is 7.05 Å². The van der Waals surface area contributed by atoms with Gasteiger partial charge in [-0.25, -0.2) is 13.4 Å². The molecule has 5 rings (SSSR count). The molecule has 1 atom stereocenters. The maximum absolute atomic E-state index is 12.9. The van der Waals surface area contributed by atoms with Gasteiger partial charge in [0.1, 0.15) is 0 Å². The van der Waals surface area contributed by atoms with Crippen molar-refractivity contribution in [3.05, 3.63) is 66.2 Å². The highest BCUT2D eigenvalue weighted by Crippen LogP contribution is 2.32. The number of rotatable bonds is 6. The van der Waals surface area contributed by atoms with Crippen molar-refractivity contribution in [2.75, 3.05) is 25.5 Å². The van der Waals surface area contributed by atoms with Crippen LogP contribution in [0.25, 0.3) is 21.0 Å².